The highest BCUT2D eigenvalue weighted by atomic mass is 79.9. The summed E-state index contributed by atoms with van der Waals surface area (Å²) in [4.78, 5) is 48.2. The maximum Gasteiger partial charge on any atom is 0.293 e. The highest BCUT2D eigenvalue weighted by molar-refractivity contribution is 9.10. The molecule has 2 amide bonds. The van der Waals surface area contributed by atoms with Crippen LogP contribution in [-0.4, -0.2) is 25.9 Å². The lowest BCUT2D eigenvalue weighted by molar-refractivity contribution is -0.385. The summed E-state index contributed by atoms with van der Waals surface area (Å²) in [7, 11) is 0. The Bertz CT molecular complexity index is 1430. The highest BCUT2D eigenvalue weighted by Gasteiger charge is 2.36. The first kappa shape index (κ1) is 25.1. The summed E-state index contributed by atoms with van der Waals surface area (Å²) in [5.74, 6) is -0.241. The average Bonchev–Trinajstić information content (AvgIpc) is 3.11. The van der Waals surface area contributed by atoms with Crippen molar-refractivity contribution in [2.24, 2.45) is 0 Å². The molecule has 12 heteroatoms. The predicted molar refractivity (Wildman–Crippen MR) is 136 cm³/mol. The number of imide groups is 1. The number of halogens is 1. The van der Waals surface area contributed by atoms with E-state index < -0.39 is 21.0 Å². The van der Waals surface area contributed by atoms with E-state index in [0.29, 0.717) is 33.1 Å². The summed E-state index contributed by atoms with van der Waals surface area (Å²) in [5, 5.41) is 22.0. The zero-order chi connectivity index (χ0) is 25.8. The fraction of sp³-hybridized carbons (Fsp3) is 0.0833. The molecule has 3 aromatic rings. The van der Waals surface area contributed by atoms with Crippen LogP contribution in [0.2, 0.25) is 0 Å². The zero-order valence-electron chi connectivity index (χ0n) is 18.3. The average molecular weight is 570 g/mol. The van der Waals surface area contributed by atoms with Crippen molar-refractivity contribution < 1.29 is 24.2 Å². The van der Waals surface area contributed by atoms with Gasteiger partial charge in [-0.05, 0) is 42.1 Å². The van der Waals surface area contributed by atoms with Crippen LogP contribution in [0, 0.1) is 20.2 Å². The maximum atomic E-state index is 13.0. The summed E-state index contributed by atoms with van der Waals surface area (Å²) >= 11 is 4.08. The number of carbonyl (C=O) groups excluding carboxylic acids is 2. The third kappa shape index (κ3) is 5.44. The van der Waals surface area contributed by atoms with Crippen molar-refractivity contribution in [3.05, 3.63) is 113 Å². The van der Waals surface area contributed by atoms with Crippen LogP contribution in [0.5, 0.6) is 5.75 Å². The van der Waals surface area contributed by atoms with Crippen LogP contribution in [0.25, 0.3) is 6.08 Å². The maximum absolute atomic E-state index is 13.0. The van der Waals surface area contributed by atoms with Crippen LogP contribution in [-0.2, 0) is 17.9 Å². The van der Waals surface area contributed by atoms with Gasteiger partial charge in [0.2, 0.25) is 0 Å². The number of hydrogen-bond donors (Lipinski definition) is 0. The fourth-order valence-corrected chi connectivity index (χ4v) is 4.71. The largest absolute Gasteiger partial charge is 0.488 e. The molecule has 0 aliphatic carbocycles. The van der Waals surface area contributed by atoms with E-state index in [0.717, 1.165) is 4.90 Å². The Hall–Kier alpha value is -4.03. The number of thioether (sulfide) groups is 1. The topological polar surface area (TPSA) is 133 Å². The van der Waals surface area contributed by atoms with Gasteiger partial charge in [0.1, 0.15) is 12.4 Å². The van der Waals surface area contributed by atoms with Gasteiger partial charge in [0, 0.05) is 27.7 Å². The van der Waals surface area contributed by atoms with Gasteiger partial charge in [-0.1, -0.05) is 46.3 Å². The molecule has 0 N–H and O–H groups in total. The molecule has 1 aliphatic rings. The summed E-state index contributed by atoms with van der Waals surface area (Å²) in [6.45, 7) is -0.322. The van der Waals surface area contributed by atoms with Crippen LogP contribution in [0.1, 0.15) is 16.7 Å². The lowest BCUT2D eigenvalue weighted by Gasteiger charge is -2.13. The molecule has 10 nitrogen and oxygen atoms in total. The van der Waals surface area contributed by atoms with Crippen molar-refractivity contribution in [3.63, 3.8) is 0 Å². The Morgan fingerprint density at radius 1 is 0.917 bits per heavy atom. The molecule has 0 radical (unpaired) electrons. The van der Waals surface area contributed by atoms with Gasteiger partial charge in [-0.15, -0.1) is 0 Å². The van der Waals surface area contributed by atoms with Crippen molar-refractivity contribution >= 4 is 56.3 Å². The van der Waals surface area contributed by atoms with E-state index in [-0.39, 0.29) is 35.0 Å². The lowest BCUT2D eigenvalue weighted by Crippen LogP contribution is -2.27. The first-order chi connectivity index (χ1) is 17.2. The number of ether oxygens (including phenoxy) is 1. The summed E-state index contributed by atoms with van der Waals surface area (Å²) in [5.41, 5.74) is 0.827. The third-order valence-corrected chi connectivity index (χ3v) is 6.62. The number of hydrogen-bond acceptors (Lipinski definition) is 8. The first-order valence-corrected chi connectivity index (χ1v) is 12.0. The molecule has 36 heavy (non-hydrogen) atoms. The Balaban J connectivity index is 1.59. The van der Waals surface area contributed by atoms with Crippen molar-refractivity contribution in [2.75, 3.05) is 0 Å². The smallest absolute Gasteiger partial charge is 0.293 e. The van der Waals surface area contributed by atoms with E-state index in [2.05, 4.69) is 15.9 Å². The number of rotatable bonds is 8. The van der Waals surface area contributed by atoms with Crippen molar-refractivity contribution in [1.29, 1.82) is 0 Å². The molecule has 0 saturated carbocycles. The van der Waals surface area contributed by atoms with E-state index >= 15 is 0 Å². The summed E-state index contributed by atoms with van der Waals surface area (Å²) < 4.78 is 6.53. The van der Waals surface area contributed by atoms with Gasteiger partial charge in [-0.3, -0.25) is 34.7 Å². The molecule has 182 valence electrons. The monoisotopic (exact) mass is 569 g/mol. The predicted octanol–water partition coefficient (Wildman–Crippen LogP) is 6.08. The third-order valence-electron chi connectivity index (χ3n) is 5.22. The van der Waals surface area contributed by atoms with E-state index in [1.165, 1.54) is 30.3 Å². The lowest BCUT2D eigenvalue weighted by atomic mass is 10.1. The molecule has 0 atom stereocenters. The van der Waals surface area contributed by atoms with Crippen LogP contribution < -0.4 is 4.74 Å². The summed E-state index contributed by atoms with van der Waals surface area (Å²) in [6, 6.07) is 17.2. The normalized spacial score (nSPS) is 14.4. The molecule has 0 bridgehead atoms. The van der Waals surface area contributed by atoms with E-state index in [4.69, 9.17) is 4.74 Å². The second-order valence-corrected chi connectivity index (χ2v) is 9.42. The Kier molecular flexibility index (Phi) is 7.46. The Morgan fingerprint density at radius 2 is 1.53 bits per heavy atom. The van der Waals surface area contributed by atoms with E-state index in [1.54, 1.807) is 42.5 Å². The van der Waals surface area contributed by atoms with E-state index in [9.17, 15) is 29.8 Å². The summed E-state index contributed by atoms with van der Waals surface area (Å²) in [6.07, 6.45) is 1.49. The van der Waals surface area contributed by atoms with E-state index in [1.807, 2.05) is 0 Å². The molecule has 0 unspecified atom stereocenters. The molecular formula is C24H16BrN3O7S. The number of nitrogens with zero attached hydrogens (tertiary/aromatic N) is 3. The molecule has 0 spiro atoms. The molecular weight excluding hydrogens is 554 g/mol. The molecule has 1 heterocycles. The second-order valence-electron chi connectivity index (χ2n) is 7.51. The second kappa shape index (κ2) is 10.7. The zero-order valence-corrected chi connectivity index (χ0v) is 20.7. The van der Waals surface area contributed by atoms with Crippen LogP contribution in [0.3, 0.4) is 0 Å². The molecule has 4 rings (SSSR count). The highest BCUT2D eigenvalue weighted by Crippen LogP contribution is 2.36. The SMILES string of the molecule is O=C1S/C(=C\c2cc(Br)ccc2OCc2ccccc2[N+](=O)[O-])C(=O)N1Cc1ccccc1[N+](=O)[O-]. The fourth-order valence-electron chi connectivity index (χ4n) is 3.50. The van der Waals surface area contributed by atoms with Gasteiger partial charge in [0.05, 0.1) is 26.9 Å². The van der Waals surface area contributed by atoms with Gasteiger partial charge in [0.15, 0.2) is 0 Å². The number of nitro groups is 2. The number of carbonyl (C=O) groups is 2. The minimum absolute atomic E-state index is 0.0766. The minimum atomic E-state index is -0.590. The number of benzene rings is 3. The number of amides is 2. The minimum Gasteiger partial charge on any atom is -0.488 e. The standard InChI is InChI=1S/C24H16BrN3O7S/c25-18-9-10-21(35-14-16-6-2-4-8-20(16)28(33)34)17(11-18)12-22-23(29)26(24(30)36-22)13-15-5-1-3-7-19(15)27(31)32/h1-12H,13-14H2/b22-12-. The van der Waals surface area contributed by atoms with Crippen molar-refractivity contribution in [2.45, 2.75) is 13.2 Å². The van der Waals surface area contributed by atoms with Gasteiger partial charge in [-0.25, -0.2) is 0 Å². The first-order valence-electron chi connectivity index (χ1n) is 10.4. The molecule has 1 aliphatic heterocycles. The van der Waals surface area contributed by atoms with Crippen LogP contribution >= 0.6 is 27.7 Å². The van der Waals surface area contributed by atoms with Gasteiger partial charge < -0.3 is 4.74 Å². The van der Waals surface area contributed by atoms with Gasteiger partial charge >= 0.3 is 0 Å². The molecule has 3 aromatic carbocycles. The van der Waals surface area contributed by atoms with Crippen molar-refractivity contribution in [3.8, 4) is 5.75 Å². The van der Waals surface area contributed by atoms with Crippen LogP contribution in [0.4, 0.5) is 16.2 Å². The number of para-hydroxylation sites is 2. The molecule has 0 aromatic heterocycles. The van der Waals surface area contributed by atoms with Crippen LogP contribution in [0.15, 0.2) is 76.1 Å². The molecule has 1 fully saturated rings. The Labute approximate surface area is 217 Å². The van der Waals surface area contributed by atoms with Crippen molar-refractivity contribution in [1.82, 2.24) is 4.90 Å². The molecule has 1 saturated heterocycles. The van der Waals surface area contributed by atoms with Gasteiger partial charge in [0.25, 0.3) is 22.5 Å². The Morgan fingerprint density at radius 3 is 2.19 bits per heavy atom. The quantitative estimate of drug-likeness (QED) is 0.181. The number of nitro benzene ring substituents is 2. The van der Waals surface area contributed by atoms with Gasteiger partial charge in [-0.2, -0.15) is 0 Å².